The number of carbonyl (C=O) groups is 4. The van der Waals surface area contributed by atoms with Crippen molar-refractivity contribution < 1.29 is 55.3 Å². The van der Waals surface area contributed by atoms with E-state index < -0.39 is 0 Å². The van der Waals surface area contributed by atoms with Gasteiger partial charge in [0.25, 0.3) is 16.3 Å². The van der Waals surface area contributed by atoms with E-state index >= 15 is 0 Å². The molecule has 0 amide bonds. The van der Waals surface area contributed by atoms with Crippen molar-refractivity contribution in [1.82, 2.24) is 0 Å². The number of hydrogen-bond acceptors (Lipinski definition) is 7. The van der Waals surface area contributed by atoms with E-state index in [0.717, 1.165) is 0 Å². The number of carbonyl (C=O) groups excluding carboxylic acids is 7. The third-order valence-electron chi connectivity index (χ3n) is 2.42. The second kappa shape index (κ2) is 34.4. The van der Waals surface area contributed by atoms with Crippen molar-refractivity contribution in [3.8, 4) is 0 Å². The zero-order valence-corrected chi connectivity index (χ0v) is 20.9. The van der Waals surface area contributed by atoms with Crippen LogP contribution in [-0.2, 0) is 55.3 Å². The topological polar surface area (TPSA) is 119 Å². The third kappa shape index (κ3) is 86.2. The summed E-state index contributed by atoms with van der Waals surface area (Å²) in [4.78, 5) is 68.7. The average Bonchev–Trinajstić information content (AvgIpc) is 2.55. The smallest absolute Gasteiger partial charge is 0.542 e. The quantitative estimate of drug-likeness (QED) is 0.249. The van der Waals surface area contributed by atoms with E-state index in [9.17, 15) is 33.6 Å². The number of Topliss-reactive ketones (excluding diaryl/α,β-unsaturated/α-hetero) is 3. The molecule has 2 radical (unpaired) electrons. The van der Waals surface area contributed by atoms with E-state index in [4.69, 9.17) is 0 Å². The van der Waals surface area contributed by atoms with Crippen LogP contribution >= 0.6 is 0 Å². The number of unbranched alkanes of at least 4 members (excludes halogenated alkanes) is 3. The summed E-state index contributed by atoms with van der Waals surface area (Å²) >= 11 is 1.36. The van der Waals surface area contributed by atoms with E-state index in [1.165, 1.54) is 37.1 Å². The molecule has 0 spiro atoms. The fourth-order valence-electron chi connectivity index (χ4n) is 1.23. The van der Waals surface area contributed by atoms with Crippen molar-refractivity contribution in [2.45, 2.75) is 85.5 Å². The summed E-state index contributed by atoms with van der Waals surface area (Å²) in [5.41, 5.74) is 0. The van der Waals surface area contributed by atoms with Crippen LogP contribution < -0.4 is 0 Å². The molecule has 0 N–H and O–H groups in total. The van der Waals surface area contributed by atoms with Crippen molar-refractivity contribution in [2.24, 2.45) is 0 Å². The molecular weight excluding hydrogens is 427 g/mol. The molecule has 0 unspecified atom stereocenters. The van der Waals surface area contributed by atoms with E-state index in [-0.39, 0.29) is 43.7 Å². The van der Waals surface area contributed by atoms with Gasteiger partial charge in [-0.3, -0.25) is 18.9 Å². The molecule has 0 atom stereocenters. The molecular formula is C20H31AlO7Ti. The third-order valence-corrected chi connectivity index (χ3v) is 2.42. The largest absolute Gasteiger partial charge is 3.00 e. The number of hydrogen-bond donors (Lipinski definition) is 0. The van der Waals surface area contributed by atoms with Gasteiger partial charge in [0.1, 0.15) is 17.3 Å². The monoisotopic (exact) mass is 458 g/mol. The van der Waals surface area contributed by atoms with Gasteiger partial charge in [-0.2, -0.15) is 19.3 Å². The van der Waals surface area contributed by atoms with Gasteiger partial charge in [-0.1, -0.05) is 19.3 Å². The Hall–Kier alpha value is -1.06. The Morgan fingerprint density at radius 1 is 0.586 bits per heavy atom. The van der Waals surface area contributed by atoms with Crippen molar-refractivity contribution in [2.75, 3.05) is 0 Å². The molecule has 0 saturated carbocycles. The van der Waals surface area contributed by atoms with Crippen LogP contribution in [0.25, 0.3) is 0 Å². The fourth-order valence-corrected chi connectivity index (χ4v) is 1.23. The summed E-state index contributed by atoms with van der Waals surface area (Å²) < 4.78 is 0.194. The van der Waals surface area contributed by atoms with Gasteiger partial charge in [0.15, 0.2) is 0 Å². The van der Waals surface area contributed by atoms with Gasteiger partial charge in [-0.15, -0.1) is 0 Å². The molecule has 0 rings (SSSR count). The molecule has 0 saturated heterocycles. The molecule has 0 heterocycles. The van der Waals surface area contributed by atoms with Gasteiger partial charge in [0, 0.05) is 23.9 Å². The van der Waals surface area contributed by atoms with Crippen molar-refractivity contribution in [3.63, 3.8) is 0 Å². The normalized spacial score (nSPS) is 8.00. The first-order valence-corrected chi connectivity index (χ1v) is 9.61. The number of rotatable bonds is 12. The minimum atomic E-state index is 0. The molecule has 0 bridgehead atoms. The SMILES string of the molecule is CC(=O)CCC[C-]=O.CC(=O)CCC[C-]=O.CC(=O)CCC[C-]=O.C[C](=O)[AlH].[Ti+3]. The number of ketones is 3. The van der Waals surface area contributed by atoms with Gasteiger partial charge in [-0.05, 0) is 27.7 Å². The van der Waals surface area contributed by atoms with Gasteiger partial charge in [0.05, 0.1) is 0 Å². The molecule has 0 aromatic carbocycles. The van der Waals surface area contributed by atoms with Gasteiger partial charge in [-0.25, -0.2) is 0 Å². The van der Waals surface area contributed by atoms with E-state index in [1.54, 1.807) is 25.8 Å². The van der Waals surface area contributed by atoms with Crippen molar-refractivity contribution in [1.29, 1.82) is 0 Å². The van der Waals surface area contributed by atoms with Gasteiger partial charge >= 0.3 is 21.7 Å². The fraction of sp³-hybridized carbons (Fsp3) is 0.650. The Balaban J connectivity index is -0.0000000896. The predicted octanol–water partition coefficient (Wildman–Crippen LogP) is 2.00. The van der Waals surface area contributed by atoms with Crippen LogP contribution in [0.2, 0.25) is 0 Å². The molecule has 160 valence electrons. The molecule has 0 aromatic rings. The standard InChI is InChI=1S/3C6H9O2.C2H3O.Al.Ti.H/c3*1-6(8)4-2-3-5-7;1-2-3;;;/h3*2-4H2,1H3;1H3;;;/q3*-1;;;+3;. The van der Waals surface area contributed by atoms with Crippen LogP contribution in [0.15, 0.2) is 0 Å². The maximum atomic E-state index is 10.2. The first kappa shape index (κ1) is 38.5. The molecule has 0 fully saturated rings. The molecule has 0 aliphatic carbocycles. The summed E-state index contributed by atoms with van der Waals surface area (Å²) in [6.45, 7) is 6.10. The van der Waals surface area contributed by atoms with Crippen LogP contribution in [0.3, 0.4) is 0 Å². The maximum Gasteiger partial charge on any atom is 3.00 e. The molecule has 0 aliphatic rings. The van der Waals surface area contributed by atoms with Crippen molar-refractivity contribution >= 4 is 57.1 Å². The van der Waals surface area contributed by atoms with Crippen LogP contribution in [-0.4, -0.2) is 57.1 Å². The second-order valence-corrected chi connectivity index (χ2v) is 6.80. The maximum absolute atomic E-state index is 10.2. The molecule has 0 aromatic heterocycles. The Morgan fingerprint density at radius 2 is 0.759 bits per heavy atom. The van der Waals surface area contributed by atoms with E-state index in [1.807, 2.05) is 0 Å². The summed E-state index contributed by atoms with van der Waals surface area (Å²) in [6, 6.07) is 0. The van der Waals surface area contributed by atoms with Crippen molar-refractivity contribution in [3.05, 3.63) is 0 Å². The summed E-state index contributed by atoms with van der Waals surface area (Å²) in [6.07, 6.45) is 9.81. The second-order valence-electron chi connectivity index (χ2n) is 5.80. The van der Waals surface area contributed by atoms with Gasteiger partial charge in [0.2, 0.25) is 0 Å². The van der Waals surface area contributed by atoms with Gasteiger partial charge < -0.3 is 33.6 Å². The van der Waals surface area contributed by atoms with Crippen LogP contribution in [0.4, 0.5) is 0 Å². The molecule has 0 aliphatic heterocycles. The average molecular weight is 458 g/mol. The Bertz CT molecular complexity index is 405. The first-order valence-electron chi connectivity index (χ1n) is 8.90. The molecule has 9 heteroatoms. The zero-order valence-electron chi connectivity index (χ0n) is 17.9. The van der Waals surface area contributed by atoms with Crippen LogP contribution in [0.1, 0.15) is 85.5 Å². The summed E-state index contributed by atoms with van der Waals surface area (Å²) in [7, 11) is 0. The van der Waals surface area contributed by atoms with Crippen LogP contribution in [0, 0.1) is 0 Å². The summed E-state index contributed by atoms with van der Waals surface area (Å²) in [5, 5.41) is 0. The van der Waals surface area contributed by atoms with E-state index in [2.05, 4.69) is 0 Å². The predicted molar refractivity (Wildman–Crippen MR) is 109 cm³/mol. The molecule has 29 heavy (non-hydrogen) atoms. The minimum Gasteiger partial charge on any atom is -0.542 e. The van der Waals surface area contributed by atoms with E-state index in [0.29, 0.717) is 57.8 Å². The first-order chi connectivity index (χ1) is 13.0. The Kier molecular flexibility index (Phi) is 45.8. The minimum absolute atomic E-state index is 0. The summed E-state index contributed by atoms with van der Waals surface area (Å²) in [5.74, 6) is 0.417. The Morgan fingerprint density at radius 3 is 0.862 bits per heavy atom. The van der Waals surface area contributed by atoms with Crippen LogP contribution in [0.5, 0.6) is 0 Å². The zero-order chi connectivity index (χ0) is 22.8. The Labute approximate surface area is 197 Å². The molecule has 7 nitrogen and oxygen atoms in total.